The van der Waals surface area contributed by atoms with Crippen molar-refractivity contribution in [2.45, 2.75) is 6.92 Å². The molecule has 7 nitrogen and oxygen atoms in total. The van der Waals surface area contributed by atoms with E-state index in [1.54, 1.807) is 31.3 Å². The number of carbonyl (C=O) groups is 1. The number of nitrogens with one attached hydrogen (secondary N) is 1. The molecular weight excluding hydrogens is 428 g/mol. The van der Waals surface area contributed by atoms with E-state index in [2.05, 4.69) is 20.3 Å². The summed E-state index contributed by atoms with van der Waals surface area (Å²) in [6, 6.07) is 11.6. The first-order valence-electron chi connectivity index (χ1n) is 9.87. The number of anilines is 2. The number of nitrogen functional groups attached to an aromatic ring is 1. The molecule has 0 bridgehead atoms. The van der Waals surface area contributed by atoms with Crippen molar-refractivity contribution < 1.29 is 18.3 Å². The average Bonchev–Trinajstić information content (AvgIpc) is 2.81. The number of benzene rings is 2. The lowest BCUT2D eigenvalue weighted by molar-refractivity contribution is 0.102. The molecule has 0 atom stereocenters. The van der Waals surface area contributed by atoms with Crippen LogP contribution in [0.5, 0.6) is 5.75 Å². The Morgan fingerprint density at radius 1 is 1.00 bits per heavy atom. The number of aromatic nitrogens is 3. The maximum Gasteiger partial charge on any atom is 0.274 e. The molecule has 4 rings (SSSR count). The molecule has 0 aliphatic rings. The molecule has 0 saturated carbocycles. The summed E-state index contributed by atoms with van der Waals surface area (Å²) in [6.07, 6.45) is 2.93. The van der Waals surface area contributed by atoms with Gasteiger partial charge in [-0.25, -0.2) is 18.7 Å². The van der Waals surface area contributed by atoms with Crippen LogP contribution in [0.2, 0.25) is 0 Å². The zero-order chi connectivity index (χ0) is 23.5. The minimum atomic E-state index is -0.662. The van der Waals surface area contributed by atoms with E-state index < -0.39 is 17.5 Å². The number of amides is 1. The Balaban J connectivity index is 1.64. The van der Waals surface area contributed by atoms with E-state index >= 15 is 0 Å². The molecule has 0 radical (unpaired) electrons. The lowest BCUT2D eigenvalue weighted by Gasteiger charge is -2.13. The molecule has 2 aromatic heterocycles. The Bertz CT molecular complexity index is 1360. The van der Waals surface area contributed by atoms with E-state index in [0.717, 1.165) is 6.07 Å². The first-order valence-corrected chi connectivity index (χ1v) is 9.87. The second-order valence-electron chi connectivity index (χ2n) is 7.09. The highest BCUT2D eigenvalue weighted by Crippen LogP contribution is 2.32. The third-order valence-corrected chi connectivity index (χ3v) is 4.99. The van der Waals surface area contributed by atoms with E-state index in [1.165, 1.54) is 37.6 Å². The van der Waals surface area contributed by atoms with Gasteiger partial charge >= 0.3 is 0 Å². The van der Waals surface area contributed by atoms with Crippen molar-refractivity contribution in [1.29, 1.82) is 0 Å². The smallest absolute Gasteiger partial charge is 0.274 e. The summed E-state index contributed by atoms with van der Waals surface area (Å²) in [4.78, 5) is 25.2. The fraction of sp³-hybridized carbons (Fsp3) is 0.0833. The van der Waals surface area contributed by atoms with Gasteiger partial charge in [-0.2, -0.15) is 0 Å². The average molecular weight is 447 g/mol. The number of hydrogen-bond acceptors (Lipinski definition) is 6. The van der Waals surface area contributed by atoms with Gasteiger partial charge in [0.1, 0.15) is 23.1 Å². The van der Waals surface area contributed by atoms with Crippen molar-refractivity contribution in [3.8, 4) is 28.3 Å². The highest BCUT2D eigenvalue weighted by atomic mass is 19.1. The van der Waals surface area contributed by atoms with Crippen LogP contribution < -0.4 is 15.8 Å². The number of hydrogen-bond donors (Lipinski definition) is 2. The first-order chi connectivity index (χ1) is 15.9. The highest BCUT2D eigenvalue weighted by molar-refractivity contribution is 6.05. The molecule has 4 aromatic rings. The molecule has 1 amide bonds. The van der Waals surface area contributed by atoms with Crippen LogP contribution in [0.15, 0.2) is 60.9 Å². The van der Waals surface area contributed by atoms with Gasteiger partial charge in [-0.3, -0.25) is 9.78 Å². The van der Waals surface area contributed by atoms with Gasteiger partial charge < -0.3 is 15.8 Å². The number of aryl methyl sites for hydroxylation is 1. The van der Waals surface area contributed by atoms with Crippen LogP contribution in [0.3, 0.4) is 0 Å². The molecular formula is C24H19F2N5O2. The van der Waals surface area contributed by atoms with Gasteiger partial charge in [-0.15, -0.1) is 0 Å². The van der Waals surface area contributed by atoms with Crippen molar-refractivity contribution in [3.63, 3.8) is 0 Å². The largest absolute Gasteiger partial charge is 0.496 e. The number of methoxy groups -OCH3 is 1. The Morgan fingerprint density at radius 2 is 1.82 bits per heavy atom. The number of pyridine rings is 1. The number of nitrogens with zero attached hydrogens (tertiary/aromatic N) is 3. The van der Waals surface area contributed by atoms with Gasteiger partial charge in [0, 0.05) is 35.3 Å². The standard InChI is InChI=1S/C24H19F2N5O2/c1-13-14(5-4-9-28-13)15-11-18(27)20(12-17(15)26)31-24(32)19-8-10-29-23(30-19)22-16(25)6-3-7-21(22)33-2/h3-12H,27H2,1-2H3,(H,31,32). The van der Waals surface area contributed by atoms with Crippen LogP contribution in [-0.4, -0.2) is 28.0 Å². The van der Waals surface area contributed by atoms with Gasteiger partial charge in [0.2, 0.25) is 0 Å². The topological polar surface area (TPSA) is 103 Å². The molecule has 0 spiro atoms. The number of rotatable bonds is 5. The number of ether oxygens (including phenoxy) is 1. The zero-order valence-corrected chi connectivity index (χ0v) is 17.8. The van der Waals surface area contributed by atoms with Crippen LogP contribution in [0, 0.1) is 18.6 Å². The van der Waals surface area contributed by atoms with E-state index in [0.29, 0.717) is 11.3 Å². The third kappa shape index (κ3) is 4.33. The number of nitrogens with two attached hydrogens (primary N) is 1. The lowest BCUT2D eigenvalue weighted by atomic mass is 10.0. The molecule has 0 aliphatic carbocycles. The molecule has 2 heterocycles. The summed E-state index contributed by atoms with van der Waals surface area (Å²) >= 11 is 0. The van der Waals surface area contributed by atoms with Crippen molar-refractivity contribution in [2.24, 2.45) is 0 Å². The molecule has 166 valence electrons. The SMILES string of the molecule is COc1cccc(F)c1-c1nccc(C(=O)Nc2cc(F)c(-c3cccnc3C)cc2N)n1. The fourth-order valence-electron chi connectivity index (χ4n) is 3.36. The van der Waals surface area contributed by atoms with Gasteiger partial charge in [0.15, 0.2) is 5.82 Å². The number of carbonyl (C=O) groups excluding carboxylic acids is 1. The first kappa shape index (κ1) is 21.8. The van der Waals surface area contributed by atoms with Gasteiger partial charge in [0.05, 0.1) is 24.0 Å². The molecule has 0 aliphatic heterocycles. The monoisotopic (exact) mass is 447 g/mol. The minimum Gasteiger partial charge on any atom is -0.496 e. The van der Waals surface area contributed by atoms with E-state index in [4.69, 9.17) is 10.5 Å². The van der Waals surface area contributed by atoms with Crippen LogP contribution in [0.4, 0.5) is 20.2 Å². The Kier molecular flexibility index (Phi) is 5.95. The van der Waals surface area contributed by atoms with E-state index in [-0.39, 0.29) is 39.8 Å². The van der Waals surface area contributed by atoms with Crippen molar-refractivity contribution >= 4 is 17.3 Å². The van der Waals surface area contributed by atoms with E-state index in [9.17, 15) is 13.6 Å². The summed E-state index contributed by atoms with van der Waals surface area (Å²) in [5.41, 5.74) is 7.79. The molecule has 2 aromatic carbocycles. The van der Waals surface area contributed by atoms with Crippen molar-refractivity contribution in [1.82, 2.24) is 15.0 Å². The quantitative estimate of drug-likeness (QED) is 0.432. The maximum atomic E-state index is 14.8. The highest BCUT2D eigenvalue weighted by Gasteiger charge is 2.18. The zero-order valence-electron chi connectivity index (χ0n) is 17.8. The van der Waals surface area contributed by atoms with E-state index in [1.807, 2.05) is 0 Å². The summed E-state index contributed by atoms with van der Waals surface area (Å²) in [7, 11) is 1.39. The maximum absolute atomic E-state index is 14.8. The lowest BCUT2D eigenvalue weighted by Crippen LogP contribution is -2.16. The minimum absolute atomic E-state index is 0.0244. The predicted octanol–water partition coefficient (Wildman–Crippen LogP) is 4.64. The predicted molar refractivity (Wildman–Crippen MR) is 121 cm³/mol. The summed E-state index contributed by atoms with van der Waals surface area (Å²) < 4.78 is 34.4. The van der Waals surface area contributed by atoms with Gasteiger partial charge in [0.25, 0.3) is 5.91 Å². The van der Waals surface area contributed by atoms with Crippen LogP contribution >= 0.6 is 0 Å². The van der Waals surface area contributed by atoms with Gasteiger partial charge in [-0.05, 0) is 37.3 Å². The molecule has 0 fully saturated rings. The fourth-order valence-corrected chi connectivity index (χ4v) is 3.36. The molecule has 0 saturated heterocycles. The molecule has 9 heteroatoms. The van der Waals surface area contributed by atoms with Crippen LogP contribution in [0.25, 0.3) is 22.5 Å². The summed E-state index contributed by atoms with van der Waals surface area (Å²) in [5, 5.41) is 2.55. The summed E-state index contributed by atoms with van der Waals surface area (Å²) in [5.74, 6) is -1.64. The Hall–Kier alpha value is -4.40. The van der Waals surface area contributed by atoms with Crippen LogP contribution in [0.1, 0.15) is 16.2 Å². The summed E-state index contributed by atoms with van der Waals surface area (Å²) in [6.45, 7) is 1.76. The second kappa shape index (κ2) is 8.99. The molecule has 0 unspecified atom stereocenters. The second-order valence-corrected chi connectivity index (χ2v) is 7.09. The molecule has 3 N–H and O–H groups in total. The van der Waals surface area contributed by atoms with Crippen LogP contribution in [-0.2, 0) is 0 Å². The van der Waals surface area contributed by atoms with Crippen molar-refractivity contribution in [3.05, 3.63) is 83.9 Å². The molecule has 33 heavy (non-hydrogen) atoms. The normalized spacial score (nSPS) is 10.7. The van der Waals surface area contributed by atoms with Crippen molar-refractivity contribution in [2.75, 3.05) is 18.2 Å². The third-order valence-electron chi connectivity index (χ3n) is 4.99. The number of halogens is 2. The van der Waals surface area contributed by atoms with Gasteiger partial charge in [-0.1, -0.05) is 12.1 Å². The Morgan fingerprint density at radius 3 is 2.58 bits per heavy atom. The Labute approximate surface area is 188 Å².